The SMILES string of the molecule is CCC(CC(C)C(=O)OC(C)(C)C(C)(C)C)(C(=O)OC(CC(C)C)CC(C)(O)C(F)(F)F)C(F)(F)F. The summed E-state index contributed by atoms with van der Waals surface area (Å²) in [6.07, 6.45) is -15.0. The first-order valence-electron chi connectivity index (χ1n) is 12.0. The Balaban J connectivity index is 6.12. The number of esters is 2. The molecule has 0 aromatic rings. The molecule has 4 atom stereocenters. The number of rotatable bonds is 11. The molecule has 0 amide bonds. The fraction of sp³-hybridized carbons (Fsp3) is 0.920. The van der Waals surface area contributed by atoms with Crippen molar-refractivity contribution in [3.05, 3.63) is 0 Å². The maximum absolute atomic E-state index is 14.3. The first-order valence-corrected chi connectivity index (χ1v) is 12.0. The molecule has 0 aromatic carbocycles. The second-order valence-corrected chi connectivity index (χ2v) is 11.9. The van der Waals surface area contributed by atoms with Crippen molar-refractivity contribution in [3.8, 4) is 0 Å². The van der Waals surface area contributed by atoms with Crippen LogP contribution in [0.25, 0.3) is 0 Å². The van der Waals surface area contributed by atoms with Crippen molar-refractivity contribution in [2.75, 3.05) is 0 Å². The van der Waals surface area contributed by atoms with Crippen LogP contribution in [-0.4, -0.2) is 46.7 Å². The van der Waals surface area contributed by atoms with Crippen molar-refractivity contribution < 1.29 is 50.5 Å². The molecule has 0 bridgehead atoms. The summed E-state index contributed by atoms with van der Waals surface area (Å²) in [6, 6.07) is 0. The second kappa shape index (κ2) is 11.5. The zero-order valence-electron chi connectivity index (χ0n) is 22.9. The molecule has 0 saturated carbocycles. The number of hydrogen-bond donors (Lipinski definition) is 1. The van der Waals surface area contributed by atoms with E-state index in [9.17, 15) is 41.0 Å². The summed E-state index contributed by atoms with van der Waals surface area (Å²) in [5.41, 5.74) is -8.00. The Morgan fingerprint density at radius 1 is 0.833 bits per heavy atom. The first kappa shape index (κ1) is 34.5. The second-order valence-electron chi connectivity index (χ2n) is 11.9. The molecule has 0 aliphatic heterocycles. The highest BCUT2D eigenvalue weighted by Crippen LogP contribution is 2.48. The fourth-order valence-electron chi connectivity index (χ4n) is 3.44. The summed E-state index contributed by atoms with van der Waals surface area (Å²) in [4.78, 5) is 25.7. The number of aliphatic hydroxyl groups is 1. The smallest absolute Gasteiger partial charge is 0.417 e. The highest BCUT2D eigenvalue weighted by atomic mass is 19.4. The van der Waals surface area contributed by atoms with Crippen molar-refractivity contribution in [2.24, 2.45) is 22.7 Å². The molecule has 36 heavy (non-hydrogen) atoms. The van der Waals surface area contributed by atoms with E-state index in [1.54, 1.807) is 48.5 Å². The maximum atomic E-state index is 14.3. The lowest BCUT2D eigenvalue weighted by Gasteiger charge is -2.40. The fourth-order valence-corrected chi connectivity index (χ4v) is 3.44. The van der Waals surface area contributed by atoms with Crippen molar-refractivity contribution in [2.45, 2.75) is 125 Å². The monoisotopic (exact) mass is 536 g/mol. The lowest BCUT2D eigenvalue weighted by atomic mass is 9.76. The molecular formula is C25H42F6O5. The molecule has 1 N–H and O–H groups in total. The van der Waals surface area contributed by atoms with Crippen LogP contribution in [0.15, 0.2) is 0 Å². The van der Waals surface area contributed by atoms with Crippen molar-refractivity contribution in [1.29, 1.82) is 0 Å². The Morgan fingerprint density at radius 3 is 1.64 bits per heavy atom. The van der Waals surface area contributed by atoms with Gasteiger partial charge in [0, 0.05) is 11.8 Å². The largest absolute Gasteiger partial charge is 0.462 e. The number of carbonyl (C=O) groups is 2. The molecule has 214 valence electrons. The van der Waals surface area contributed by atoms with Gasteiger partial charge in [0.05, 0.1) is 5.92 Å². The molecule has 0 rings (SSSR count). The van der Waals surface area contributed by atoms with Gasteiger partial charge in [-0.05, 0) is 46.0 Å². The average molecular weight is 537 g/mol. The van der Waals surface area contributed by atoms with E-state index < -0.39 is 77.6 Å². The molecule has 0 radical (unpaired) electrons. The summed E-state index contributed by atoms with van der Waals surface area (Å²) < 4.78 is 93.2. The van der Waals surface area contributed by atoms with Crippen LogP contribution in [0.3, 0.4) is 0 Å². The van der Waals surface area contributed by atoms with Gasteiger partial charge < -0.3 is 14.6 Å². The van der Waals surface area contributed by atoms with Crippen LogP contribution < -0.4 is 0 Å². The summed E-state index contributed by atoms with van der Waals surface area (Å²) in [5, 5.41) is 9.86. The number of alkyl halides is 6. The lowest BCUT2D eigenvalue weighted by molar-refractivity contribution is -0.267. The Morgan fingerprint density at radius 2 is 1.31 bits per heavy atom. The van der Waals surface area contributed by atoms with Crippen LogP contribution in [0, 0.1) is 22.7 Å². The minimum atomic E-state index is -5.16. The van der Waals surface area contributed by atoms with Gasteiger partial charge in [-0.1, -0.05) is 48.5 Å². The Hall–Kier alpha value is -1.52. The van der Waals surface area contributed by atoms with Gasteiger partial charge in [0.1, 0.15) is 11.7 Å². The highest BCUT2D eigenvalue weighted by Gasteiger charge is 2.62. The molecule has 0 spiro atoms. The Kier molecular flexibility index (Phi) is 11.0. The van der Waals surface area contributed by atoms with Gasteiger partial charge in [-0.15, -0.1) is 0 Å². The van der Waals surface area contributed by atoms with E-state index in [0.717, 1.165) is 6.92 Å². The predicted molar refractivity (Wildman–Crippen MR) is 123 cm³/mol. The van der Waals surface area contributed by atoms with E-state index in [2.05, 4.69) is 0 Å². The van der Waals surface area contributed by atoms with Gasteiger partial charge in [0.25, 0.3) is 0 Å². The van der Waals surface area contributed by atoms with Gasteiger partial charge in [0.2, 0.25) is 0 Å². The Labute approximate surface area is 210 Å². The van der Waals surface area contributed by atoms with Crippen LogP contribution in [0.2, 0.25) is 0 Å². The van der Waals surface area contributed by atoms with E-state index in [4.69, 9.17) is 9.47 Å². The average Bonchev–Trinajstić information content (AvgIpc) is 2.61. The number of ether oxygens (including phenoxy) is 2. The van der Waals surface area contributed by atoms with Crippen LogP contribution in [0.5, 0.6) is 0 Å². The van der Waals surface area contributed by atoms with Crippen LogP contribution in [0.4, 0.5) is 26.3 Å². The van der Waals surface area contributed by atoms with Crippen molar-refractivity contribution in [3.63, 3.8) is 0 Å². The zero-order valence-corrected chi connectivity index (χ0v) is 22.9. The minimum absolute atomic E-state index is 0.201. The van der Waals surface area contributed by atoms with E-state index >= 15 is 0 Å². The third-order valence-corrected chi connectivity index (χ3v) is 7.00. The number of carbonyl (C=O) groups excluding carboxylic acids is 2. The van der Waals surface area contributed by atoms with Gasteiger partial charge in [-0.25, -0.2) is 0 Å². The van der Waals surface area contributed by atoms with Crippen molar-refractivity contribution >= 4 is 11.9 Å². The molecule has 4 unspecified atom stereocenters. The molecular weight excluding hydrogens is 494 g/mol. The normalized spacial score (nSPS) is 18.7. The molecule has 11 heteroatoms. The summed E-state index contributed by atoms with van der Waals surface area (Å²) in [6.45, 7) is 14.6. The summed E-state index contributed by atoms with van der Waals surface area (Å²) in [7, 11) is 0. The third-order valence-electron chi connectivity index (χ3n) is 7.00. The highest BCUT2D eigenvalue weighted by molar-refractivity contribution is 5.80. The van der Waals surface area contributed by atoms with E-state index in [1.165, 1.54) is 6.92 Å². The molecule has 0 aromatic heterocycles. The summed E-state index contributed by atoms with van der Waals surface area (Å²) >= 11 is 0. The molecule has 5 nitrogen and oxygen atoms in total. The lowest BCUT2D eigenvalue weighted by Crippen LogP contribution is -2.51. The maximum Gasteiger partial charge on any atom is 0.417 e. The van der Waals surface area contributed by atoms with E-state index in [1.807, 2.05) is 0 Å². The van der Waals surface area contributed by atoms with Crippen molar-refractivity contribution in [1.82, 2.24) is 0 Å². The molecule has 0 aliphatic rings. The van der Waals surface area contributed by atoms with Gasteiger partial charge in [0.15, 0.2) is 11.0 Å². The molecule has 0 aliphatic carbocycles. The van der Waals surface area contributed by atoms with Crippen LogP contribution in [-0.2, 0) is 19.1 Å². The first-order chi connectivity index (χ1) is 15.7. The topological polar surface area (TPSA) is 72.8 Å². The third kappa shape index (κ3) is 8.52. The number of hydrogen-bond acceptors (Lipinski definition) is 5. The molecule has 0 fully saturated rings. The van der Waals surface area contributed by atoms with E-state index in [-0.39, 0.29) is 12.3 Å². The quantitative estimate of drug-likeness (QED) is 0.227. The number of halogens is 6. The van der Waals surface area contributed by atoms with Crippen LogP contribution >= 0.6 is 0 Å². The molecule has 0 heterocycles. The van der Waals surface area contributed by atoms with Gasteiger partial charge in [-0.3, -0.25) is 9.59 Å². The van der Waals surface area contributed by atoms with Crippen LogP contribution in [0.1, 0.15) is 94.9 Å². The molecule has 0 saturated heterocycles. The predicted octanol–water partition coefficient (Wildman–Crippen LogP) is 7.00. The zero-order chi connectivity index (χ0) is 29.1. The Bertz CT molecular complexity index is 750. The van der Waals surface area contributed by atoms with E-state index in [0.29, 0.717) is 6.92 Å². The summed E-state index contributed by atoms with van der Waals surface area (Å²) in [5.74, 6) is -4.44. The standard InChI is InChI=1S/C25H42F6O5/c1-11-23(25(29,30)31,13-16(4)18(32)36-21(8,9)20(5,6)7)19(33)35-17(12-15(2)3)14-22(10,34)24(26,27)28/h15-17,34H,11-14H2,1-10H3. The van der Waals surface area contributed by atoms with Gasteiger partial charge >= 0.3 is 24.3 Å². The minimum Gasteiger partial charge on any atom is -0.462 e. The van der Waals surface area contributed by atoms with Gasteiger partial charge in [-0.2, -0.15) is 26.3 Å².